The minimum Gasteiger partial charge on any atom is -0.323 e. The monoisotopic (exact) mass is 297 g/mol. The normalized spacial score (nSPS) is 12.3. The average Bonchev–Trinajstić information content (AvgIpc) is 2.26. The molecule has 100 valence electrons. The molecule has 0 heterocycles. The Labute approximate surface area is 101 Å². The second kappa shape index (κ2) is 5.12. The maximum absolute atomic E-state index is 11.5. The molecule has 0 spiro atoms. The molecule has 9 nitrogen and oxygen atoms in total. The van der Waals surface area contributed by atoms with Gasteiger partial charge in [0.05, 0.1) is 4.92 Å². The van der Waals surface area contributed by atoms with Crippen molar-refractivity contribution in [2.75, 3.05) is 6.35 Å². The van der Waals surface area contributed by atoms with E-state index in [1.54, 1.807) is 0 Å². The van der Waals surface area contributed by atoms with Crippen LogP contribution < -0.4 is 0 Å². The molecular formula is C7H8NO8PS. The lowest BCUT2D eigenvalue weighted by atomic mass is 10.3. The smallest absolute Gasteiger partial charge is 0.323 e. The Balaban J connectivity index is 3.13. The topological polar surface area (TPSA) is 144 Å². The molecule has 0 bridgehead atoms. The predicted octanol–water partition coefficient (Wildman–Crippen LogP) is 0.435. The second-order valence-corrected chi connectivity index (χ2v) is 6.26. The van der Waals surface area contributed by atoms with Crippen LogP contribution in [0.2, 0.25) is 0 Å². The van der Waals surface area contributed by atoms with Crippen molar-refractivity contribution in [1.82, 2.24) is 0 Å². The summed E-state index contributed by atoms with van der Waals surface area (Å²) in [6, 6.07) is 4.32. The molecule has 0 amide bonds. The highest BCUT2D eigenvalue weighted by Gasteiger charge is 2.28. The summed E-state index contributed by atoms with van der Waals surface area (Å²) in [6.07, 6.45) is -1.37. The van der Waals surface area contributed by atoms with Gasteiger partial charge in [-0.3, -0.25) is 18.9 Å². The van der Waals surface area contributed by atoms with E-state index in [4.69, 9.17) is 9.79 Å². The lowest BCUT2D eigenvalue weighted by Gasteiger charge is -2.06. The van der Waals surface area contributed by atoms with Crippen molar-refractivity contribution in [3.05, 3.63) is 34.4 Å². The third kappa shape index (κ3) is 3.86. The van der Waals surface area contributed by atoms with Crippen LogP contribution in [-0.4, -0.2) is 29.5 Å². The third-order valence-electron chi connectivity index (χ3n) is 1.71. The van der Waals surface area contributed by atoms with Gasteiger partial charge >= 0.3 is 17.7 Å². The van der Waals surface area contributed by atoms with E-state index < -0.39 is 39.6 Å². The largest absolute Gasteiger partial charge is 0.352 e. The van der Waals surface area contributed by atoms with Gasteiger partial charge < -0.3 is 9.79 Å². The highest BCUT2D eigenvalue weighted by atomic mass is 32.2. The molecule has 18 heavy (non-hydrogen) atoms. The Morgan fingerprint density at radius 1 is 1.33 bits per heavy atom. The van der Waals surface area contributed by atoms with Crippen molar-refractivity contribution in [3.8, 4) is 0 Å². The van der Waals surface area contributed by atoms with E-state index in [-0.39, 0.29) is 0 Å². The van der Waals surface area contributed by atoms with Gasteiger partial charge in [-0.1, -0.05) is 12.1 Å². The number of benzene rings is 1. The average molecular weight is 297 g/mol. The van der Waals surface area contributed by atoms with Crippen LogP contribution in [0.5, 0.6) is 0 Å². The van der Waals surface area contributed by atoms with Gasteiger partial charge in [0.15, 0.2) is 11.2 Å². The summed E-state index contributed by atoms with van der Waals surface area (Å²) < 4.78 is 37.6. The van der Waals surface area contributed by atoms with E-state index in [0.29, 0.717) is 0 Å². The summed E-state index contributed by atoms with van der Waals surface area (Å²) in [5.41, 5.74) is -0.733. The Hall–Kier alpha value is -1.32. The summed E-state index contributed by atoms with van der Waals surface area (Å²) in [5.74, 6) is 0. The zero-order chi connectivity index (χ0) is 14.0. The SMILES string of the molecule is O=[N+]([O-])c1ccccc1S(=O)(=O)OCP(=O)(O)O. The summed E-state index contributed by atoms with van der Waals surface area (Å²) in [7, 11) is -9.30. The molecule has 0 unspecified atom stereocenters. The first-order valence-electron chi connectivity index (χ1n) is 4.31. The maximum Gasteiger partial charge on any atom is 0.352 e. The molecule has 1 aromatic rings. The summed E-state index contributed by atoms with van der Waals surface area (Å²) in [4.78, 5) is 25.9. The van der Waals surface area contributed by atoms with E-state index in [2.05, 4.69) is 4.18 Å². The minimum absolute atomic E-state index is 0.733. The number of nitro benzene ring substituents is 1. The number of hydrogen-bond donors (Lipinski definition) is 2. The van der Waals surface area contributed by atoms with Crippen molar-refractivity contribution in [2.45, 2.75) is 4.90 Å². The molecule has 2 N–H and O–H groups in total. The predicted molar refractivity (Wildman–Crippen MR) is 58.3 cm³/mol. The molecule has 0 fully saturated rings. The zero-order valence-electron chi connectivity index (χ0n) is 8.66. The number of nitrogens with zero attached hydrogens (tertiary/aromatic N) is 1. The van der Waals surface area contributed by atoms with Gasteiger partial charge in [-0.05, 0) is 6.07 Å². The Kier molecular flexibility index (Phi) is 4.20. The van der Waals surface area contributed by atoms with Crippen molar-refractivity contribution in [3.63, 3.8) is 0 Å². The highest BCUT2D eigenvalue weighted by molar-refractivity contribution is 7.87. The van der Waals surface area contributed by atoms with Crippen LogP contribution in [0.1, 0.15) is 0 Å². The summed E-state index contributed by atoms with van der Waals surface area (Å²) in [5, 5.41) is 10.6. The molecule has 0 atom stereocenters. The number of nitro groups is 1. The van der Waals surface area contributed by atoms with E-state index in [9.17, 15) is 23.1 Å². The van der Waals surface area contributed by atoms with Crippen LogP contribution in [0.4, 0.5) is 5.69 Å². The standard InChI is InChI=1S/C7H8NO8PS/c9-8(10)6-3-1-2-4-7(6)18(14,15)16-5-17(11,12)13/h1-4H,5H2,(H2,11,12,13). The summed E-state index contributed by atoms with van der Waals surface area (Å²) >= 11 is 0. The van der Waals surface area contributed by atoms with Crippen LogP contribution in [0.3, 0.4) is 0 Å². The number of rotatable bonds is 5. The molecule has 0 saturated heterocycles. The summed E-state index contributed by atoms with van der Waals surface area (Å²) in [6.45, 7) is 0. The van der Waals surface area contributed by atoms with Gasteiger partial charge in [-0.25, -0.2) is 0 Å². The fourth-order valence-electron chi connectivity index (χ4n) is 1.02. The molecule has 0 saturated carbocycles. The van der Waals surface area contributed by atoms with Crippen LogP contribution in [0, 0.1) is 10.1 Å². The van der Waals surface area contributed by atoms with Crippen LogP contribution in [0.25, 0.3) is 0 Å². The van der Waals surface area contributed by atoms with Crippen LogP contribution >= 0.6 is 7.60 Å². The first-order chi connectivity index (χ1) is 8.13. The lowest BCUT2D eigenvalue weighted by Crippen LogP contribution is -2.10. The molecule has 11 heteroatoms. The quantitative estimate of drug-likeness (QED) is 0.344. The molecule has 0 radical (unpaired) electrons. The second-order valence-electron chi connectivity index (χ2n) is 3.09. The fraction of sp³-hybridized carbons (Fsp3) is 0.143. The third-order valence-corrected chi connectivity index (χ3v) is 3.66. The molecule has 0 aromatic heterocycles. The Morgan fingerprint density at radius 3 is 2.39 bits per heavy atom. The molecule has 1 aromatic carbocycles. The van der Waals surface area contributed by atoms with Gasteiger partial charge in [0, 0.05) is 6.07 Å². The van der Waals surface area contributed by atoms with Gasteiger partial charge in [0.25, 0.3) is 5.69 Å². The van der Waals surface area contributed by atoms with E-state index in [0.717, 1.165) is 12.1 Å². The van der Waals surface area contributed by atoms with Gasteiger partial charge in [0.1, 0.15) is 0 Å². The van der Waals surface area contributed by atoms with Crippen molar-refractivity contribution >= 4 is 23.4 Å². The number of para-hydroxylation sites is 1. The molecule has 0 aliphatic rings. The maximum atomic E-state index is 11.5. The first kappa shape index (κ1) is 14.7. The van der Waals surface area contributed by atoms with Gasteiger partial charge in [0.2, 0.25) is 0 Å². The van der Waals surface area contributed by atoms with Crippen LogP contribution in [0.15, 0.2) is 29.2 Å². The minimum atomic E-state index is -4.69. The molecule has 0 aliphatic heterocycles. The Morgan fingerprint density at radius 2 is 1.89 bits per heavy atom. The molecule has 1 rings (SSSR count). The van der Waals surface area contributed by atoms with Crippen molar-refractivity contribution in [1.29, 1.82) is 0 Å². The number of hydrogen-bond acceptors (Lipinski definition) is 6. The lowest BCUT2D eigenvalue weighted by molar-refractivity contribution is -0.387. The van der Waals surface area contributed by atoms with E-state index >= 15 is 0 Å². The Bertz CT molecular complexity index is 606. The first-order valence-corrected chi connectivity index (χ1v) is 7.51. The van der Waals surface area contributed by atoms with Crippen molar-refractivity contribution in [2.24, 2.45) is 0 Å². The highest BCUT2D eigenvalue weighted by Crippen LogP contribution is 2.36. The van der Waals surface area contributed by atoms with E-state index in [1.807, 2.05) is 0 Å². The fourth-order valence-corrected chi connectivity index (χ4v) is 2.90. The van der Waals surface area contributed by atoms with Gasteiger partial charge in [-0.2, -0.15) is 8.42 Å². The molecular weight excluding hydrogens is 289 g/mol. The van der Waals surface area contributed by atoms with Crippen molar-refractivity contribution < 1.29 is 31.9 Å². The van der Waals surface area contributed by atoms with Crippen LogP contribution in [-0.2, 0) is 18.9 Å². The van der Waals surface area contributed by atoms with Gasteiger partial charge in [-0.15, -0.1) is 0 Å². The van der Waals surface area contributed by atoms with E-state index in [1.165, 1.54) is 12.1 Å². The zero-order valence-corrected chi connectivity index (χ0v) is 10.4. The molecule has 0 aliphatic carbocycles.